The number of rotatable bonds is 8. The molecule has 0 aromatic heterocycles. The van der Waals surface area contributed by atoms with E-state index in [0.29, 0.717) is 47.1 Å². The van der Waals surface area contributed by atoms with Crippen LogP contribution >= 0.6 is 46.6 Å². The lowest BCUT2D eigenvalue weighted by Gasteiger charge is -2.29. The van der Waals surface area contributed by atoms with Crippen molar-refractivity contribution >= 4 is 62.5 Å². The van der Waals surface area contributed by atoms with Gasteiger partial charge in [0.05, 0.1) is 15.5 Å². The molecule has 0 aliphatic carbocycles. The Morgan fingerprint density at radius 1 is 1.09 bits per heavy atom. The van der Waals surface area contributed by atoms with E-state index in [1.54, 1.807) is 30.0 Å². The van der Waals surface area contributed by atoms with Gasteiger partial charge in [0.15, 0.2) is 0 Å². The minimum absolute atomic E-state index is 0.0874. The number of hydrogen-bond acceptors (Lipinski definition) is 4. The van der Waals surface area contributed by atoms with Crippen molar-refractivity contribution in [2.45, 2.75) is 30.4 Å². The first-order chi connectivity index (χ1) is 15.2. The maximum Gasteiger partial charge on any atom is 0.252 e. The van der Waals surface area contributed by atoms with Crippen molar-refractivity contribution in [2.75, 3.05) is 25.4 Å². The third-order valence-corrected chi connectivity index (χ3v) is 9.32. The molecule has 1 amide bonds. The third kappa shape index (κ3) is 6.33. The molecule has 1 aliphatic heterocycles. The number of sulfonamides is 1. The van der Waals surface area contributed by atoms with Gasteiger partial charge < -0.3 is 5.32 Å². The highest BCUT2D eigenvalue weighted by Gasteiger charge is 2.29. The Bertz CT molecular complexity index is 1050. The molecule has 0 saturated carbocycles. The molecular weight excluding hydrogens is 511 g/mol. The first-order valence-corrected chi connectivity index (χ1v) is 14.0. The molecule has 0 radical (unpaired) electrons. The number of carbonyl (C=O) groups is 1. The van der Waals surface area contributed by atoms with Crippen molar-refractivity contribution in [1.82, 2.24) is 9.62 Å². The number of thioether (sulfide) groups is 1. The highest BCUT2D eigenvalue weighted by molar-refractivity contribution is 7.98. The van der Waals surface area contributed by atoms with E-state index < -0.39 is 15.9 Å². The van der Waals surface area contributed by atoms with Gasteiger partial charge in [-0.25, -0.2) is 8.42 Å². The predicted molar refractivity (Wildman–Crippen MR) is 134 cm³/mol. The average molecular weight is 536 g/mol. The van der Waals surface area contributed by atoms with E-state index in [4.69, 9.17) is 34.8 Å². The van der Waals surface area contributed by atoms with Gasteiger partial charge in [-0.3, -0.25) is 4.79 Å². The Morgan fingerprint density at radius 2 is 1.75 bits per heavy atom. The molecule has 0 bridgehead atoms. The molecule has 1 aliphatic rings. The Labute approximate surface area is 208 Å². The summed E-state index contributed by atoms with van der Waals surface area (Å²) in [4.78, 5) is 12.7. The van der Waals surface area contributed by atoms with Gasteiger partial charge in [-0.2, -0.15) is 16.1 Å². The van der Waals surface area contributed by atoms with E-state index in [-0.39, 0.29) is 15.5 Å². The molecule has 2 aromatic rings. The van der Waals surface area contributed by atoms with Crippen LogP contribution < -0.4 is 5.32 Å². The van der Waals surface area contributed by atoms with Gasteiger partial charge in [0.2, 0.25) is 10.0 Å². The van der Waals surface area contributed by atoms with Gasteiger partial charge in [-0.15, -0.1) is 0 Å². The minimum atomic E-state index is -3.66. The summed E-state index contributed by atoms with van der Waals surface area (Å²) in [7, 11) is -3.66. The summed E-state index contributed by atoms with van der Waals surface area (Å²) in [5, 5.41) is 4.24. The Morgan fingerprint density at radius 3 is 2.41 bits per heavy atom. The van der Waals surface area contributed by atoms with Crippen LogP contribution in [0, 0.1) is 5.92 Å². The fourth-order valence-corrected chi connectivity index (χ4v) is 6.68. The quantitative estimate of drug-likeness (QED) is 0.438. The number of nitrogens with one attached hydrogen (secondary N) is 1. The summed E-state index contributed by atoms with van der Waals surface area (Å²) in [6.07, 6.45) is 1.66. The van der Waals surface area contributed by atoms with Crippen LogP contribution in [-0.4, -0.2) is 44.0 Å². The van der Waals surface area contributed by atoms with E-state index in [1.807, 2.05) is 0 Å². The molecule has 1 N–H and O–H groups in total. The number of carbonyl (C=O) groups excluding carboxylic acids is 1. The molecule has 32 heavy (non-hydrogen) atoms. The maximum absolute atomic E-state index is 13.0. The molecular formula is C22H25Cl3N2O3S2. The van der Waals surface area contributed by atoms with E-state index in [2.05, 4.69) is 12.2 Å². The Balaban J connectivity index is 1.58. The first-order valence-electron chi connectivity index (χ1n) is 10.3. The standard InChI is InChI=1S/C22H25Cl3N2O3S2/c1-15-7-10-27(11-8-15)32(29,30)16-5-6-21(25)17(13-16)22(28)26-9-12-31-14-18-19(23)3-2-4-20(18)24/h2-6,13,15H,7-12,14H2,1H3,(H,26,28). The van der Waals surface area contributed by atoms with Gasteiger partial charge >= 0.3 is 0 Å². The molecule has 5 nitrogen and oxygen atoms in total. The lowest BCUT2D eigenvalue weighted by atomic mass is 10.0. The van der Waals surface area contributed by atoms with Crippen molar-refractivity contribution in [3.8, 4) is 0 Å². The summed E-state index contributed by atoms with van der Waals surface area (Å²) >= 11 is 20.1. The molecule has 2 aromatic carbocycles. The molecule has 1 saturated heterocycles. The largest absolute Gasteiger partial charge is 0.351 e. The molecule has 1 heterocycles. The third-order valence-electron chi connectivity index (χ3n) is 5.40. The monoisotopic (exact) mass is 534 g/mol. The molecule has 1 fully saturated rings. The zero-order chi connectivity index (χ0) is 23.3. The molecule has 0 unspecified atom stereocenters. The number of amides is 1. The van der Waals surface area contributed by atoms with Crippen molar-refractivity contribution in [3.05, 3.63) is 62.6 Å². The van der Waals surface area contributed by atoms with E-state index in [1.165, 1.54) is 22.5 Å². The predicted octanol–water partition coefficient (Wildman–Crippen LogP) is 5.73. The SMILES string of the molecule is CC1CCN(S(=O)(=O)c2ccc(Cl)c(C(=O)NCCSCc3c(Cl)cccc3Cl)c2)CC1. The molecule has 3 rings (SSSR count). The molecule has 174 valence electrons. The number of piperidine rings is 1. The summed E-state index contributed by atoms with van der Waals surface area (Å²) < 4.78 is 27.5. The van der Waals surface area contributed by atoms with Crippen LogP contribution in [0.5, 0.6) is 0 Å². The van der Waals surface area contributed by atoms with Gasteiger partial charge in [0, 0.05) is 41.2 Å². The normalized spacial score (nSPS) is 15.6. The molecule has 0 atom stereocenters. The van der Waals surface area contributed by atoms with Gasteiger partial charge in [0.1, 0.15) is 0 Å². The number of hydrogen-bond donors (Lipinski definition) is 1. The van der Waals surface area contributed by atoms with Crippen molar-refractivity contribution in [2.24, 2.45) is 5.92 Å². The van der Waals surface area contributed by atoms with E-state index in [9.17, 15) is 13.2 Å². The fraction of sp³-hybridized carbons (Fsp3) is 0.409. The number of benzene rings is 2. The zero-order valence-electron chi connectivity index (χ0n) is 17.6. The van der Waals surface area contributed by atoms with E-state index in [0.717, 1.165) is 18.4 Å². The van der Waals surface area contributed by atoms with Crippen LogP contribution in [0.25, 0.3) is 0 Å². The Hall–Kier alpha value is -0.960. The number of halogens is 3. The topological polar surface area (TPSA) is 66.5 Å². The van der Waals surface area contributed by atoms with Gasteiger partial charge in [-0.1, -0.05) is 47.8 Å². The average Bonchev–Trinajstić information content (AvgIpc) is 2.75. The lowest BCUT2D eigenvalue weighted by molar-refractivity contribution is 0.0956. The second-order valence-electron chi connectivity index (χ2n) is 7.74. The van der Waals surface area contributed by atoms with Crippen LogP contribution in [0.2, 0.25) is 15.1 Å². The van der Waals surface area contributed by atoms with Crippen LogP contribution in [-0.2, 0) is 15.8 Å². The molecule has 0 spiro atoms. The van der Waals surface area contributed by atoms with Crippen molar-refractivity contribution < 1.29 is 13.2 Å². The second kappa shape index (κ2) is 11.4. The van der Waals surface area contributed by atoms with E-state index >= 15 is 0 Å². The minimum Gasteiger partial charge on any atom is -0.351 e. The second-order valence-corrected chi connectivity index (χ2v) is 12.0. The summed E-state index contributed by atoms with van der Waals surface area (Å²) in [6, 6.07) is 9.65. The Kier molecular flexibility index (Phi) is 9.18. The highest BCUT2D eigenvalue weighted by Crippen LogP contribution is 2.28. The van der Waals surface area contributed by atoms with Gasteiger partial charge in [-0.05, 0) is 54.7 Å². The zero-order valence-corrected chi connectivity index (χ0v) is 21.5. The lowest BCUT2D eigenvalue weighted by Crippen LogP contribution is -2.38. The maximum atomic E-state index is 13.0. The summed E-state index contributed by atoms with van der Waals surface area (Å²) in [6.45, 7) is 3.49. The summed E-state index contributed by atoms with van der Waals surface area (Å²) in [5.74, 6) is 1.36. The number of nitrogens with zero attached hydrogens (tertiary/aromatic N) is 1. The van der Waals surface area contributed by atoms with Crippen LogP contribution in [0.3, 0.4) is 0 Å². The van der Waals surface area contributed by atoms with Crippen LogP contribution in [0.15, 0.2) is 41.3 Å². The molecule has 10 heteroatoms. The first kappa shape index (κ1) is 25.7. The van der Waals surface area contributed by atoms with Crippen molar-refractivity contribution in [3.63, 3.8) is 0 Å². The van der Waals surface area contributed by atoms with Crippen LogP contribution in [0.4, 0.5) is 0 Å². The van der Waals surface area contributed by atoms with Crippen molar-refractivity contribution in [1.29, 1.82) is 0 Å². The van der Waals surface area contributed by atoms with Crippen LogP contribution in [0.1, 0.15) is 35.7 Å². The summed E-state index contributed by atoms with van der Waals surface area (Å²) in [5.41, 5.74) is 1.01. The van der Waals surface area contributed by atoms with Gasteiger partial charge in [0.25, 0.3) is 5.91 Å². The smallest absolute Gasteiger partial charge is 0.252 e. The fourth-order valence-electron chi connectivity index (χ4n) is 3.39. The highest BCUT2D eigenvalue weighted by atomic mass is 35.5.